The molecule has 1 aromatic carbocycles. The van der Waals surface area contributed by atoms with E-state index >= 15 is 0 Å². The Kier molecular flexibility index (Phi) is 6.10. The maximum Gasteiger partial charge on any atom is 0.293 e. The third kappa shape index (κ3) is 4.65. The molecule has 1 heterocycles. The molecule has 1 aliphatic rings. The van der Waals surface area contributed by atoms with Crippen LogP contribution < -0.4 is 10.6 Å². The number of carbonyl (C=O) groups is 1. The summed E-state index contributed by atoms with van der Waals surface area (Å²) >= 11 is 0. The van der Waals surface area contributed by atoms with E-state index < -0.39 is 4.92 Å². The Balaban J connectivity index is 2.05. The molecule has 1 atom stereocenters. The number of nitrogens with one attached hydrogen (secondary N) is 2. The van der Waals surface area contributed by atoms with Crippen molar-refractivity contribution in [2.75, 3.05) is 52.1 Å². The van der Waals surface area contributed by atoms with Crippen molar-refractivity contribution in [2.24, 2.45) is 0 Å². The number of likely N-dealkylation sites (N-methyl/N-ethyl adjacent to an activating group) is 1. The number of nitro benzene ring substituents is 1. The number of nitro groups is 1. The van der Waals surface area contributed by atoms with Crippen LogP contribution in [0.25, 0.3) is 0 Å². The topological polar surface area (TPSA) is 90.8 Å². The molecule has 1 saturated heterocycles. The van der Waals surface area contributed by atoms with Gasteiger partial charge in [0.15, 0.2) is 0 Å². The van der Waals surface area contributed by atoms with Crippen molar-refractivity contribution in [3.8, 4) is 0 Å². The number of hydrogen-bond acceptors (Lipinski definition) is 6. The first-order chi connectivity index (χ1) is 11.4. The number of amides is 1. The van der Waals surface area contributed by atoms with Crippen LogP contribution in [0.5, 0.6) is 0 Å². The molecule has 1 unspecified atom stereocenters. The van der Waals surface area contributed by atoms with Gasteiger partial charge in [-0.2, -0.15) is 0 Å². The molecule has 1 aliphatic heterocycles. The summed E-state index contributed by atoms with van der Waals surface area (Å²) in [5.74, 6) is -0.338. The van der Waals surface area contributed by atoms with Crippen molar-refractivity contribution in [1.82, 2.24) is 15.1 Å². The van der Waals surface area contributed by atoms with E-state index in [1.165, 1.54) is 13.1 Å². The monoisotopic (exact) mass is 335 g/mol. The van der Waals surface area contributed by atoms with Crippen molar-refractivity contribution >= 4 is 17.3 Å². The second-order valence-electron chi connectivity index (χ2n) is 6.22. The van der Waals surface area contributed by atoms with Gasteiger partial charge in [-0.3, -0.25) is 19.8 Å². The van der Waals surface area contributed by atoms with E-state index in [0.717, 1.165) is 32.7 Å². The summed E-state index contributed by atoms with van der Waals surface area (Å²) in [5.41, 5.74) is 0.636. The van der Waals surface area contributed by atoms with Crippen LogP contribution in [0.1, 0.15) is 17.3 Å². The van der Waals surface area contributed by atoms with Gasteiger partial charge in [-0.15, -0.1) is 0 Å². The third-order valence-electron chi connectivity index (χ3n) is 4.21. The first kappa shape index (κ1) is 18.2. The highest BCUT2D eigenvalue weighted by molar-refractivity contribution is 5.95. The molecule has 0 radical (unpaired) electrons. The molecule has 0 aromatic heterocycles. The molecule has 0 saturated carbocycles. The average Bonchev–Trinajstić information content (AvgIpc) is 2.56. The van der Waals surface area contributed by atoms with E-state index in [2.05, 4.69) is 27.5 Å². The summed E-state index contributed by atoms with van der Waals surface area (Å²) in [5, 5.41) is 17.0. The first-order valence-electron chi connectivity index (χ1n) is 8.08. The van der Waals surface area contributed by atoms with E-state index in [1.807, 2.05) is 6.92 Å². The van der Waals surface area contributed by atoms with E-state index in [9.17, 15) is 14.9 Å². The lowest BCUT2D eigenvalue weighted by atomic mass is 10.1. The number of anilines is 1. The van der Waals surface area contributed by atoms with Crippen molar-refractivity contribution < 1.29 is 9.72 Å². The van der Waals surface area contributed by atoms with Gasteiger partial charge in [0.1, 0.15) is 5.69 Å². The van der Waals surface area contributed by atoms with Crippen LogP contribution in [0.2, 0.25) is 0 Å². The normalized spacial score (nSPS) is 17.3. The lowest BCUT2D eigenvalue weighted by Crippen LogP contribution is -2.47. The quantitative estimate of drug-likeness (QED) is 0.595. The Hall–Kier alpha value is -2.19. The van der Waals surface area contributed by atoms with Crippen molar-refractivity contribution in [3.05, 3.63) is 33.9 Å². The number of nitrogens with zero attached hydrogens (tertiary/aromatic N) is 3. The van der Waals surface area contributed by atoms with Crippen molar-refractivity contribution in [3.63, 3.8) is 0 Å². The molecular weight excluding hydrogens is 310 g/mol. The Bertz CT molecular complexity index is 599. The van der Waals surface area contributed by atoms with E-state index in [0.29, 0.717) is 5.69 Å². The summed E-state index contributed by atoms with van der Waals surface area (Å²) in [6.45, 7) is 6.90. The zero-order chi connectivity index (χ0) is 17.7. The van der Waals surface area contributed by atoms with Gasteiger partial charge in [0.25, 0.3) is 11.6 Å². The molecule has 0 spiro atoms. The second kappa shape index (κ2) is 8.07. The summed E-state index contributed by atoms with van der Waals surface area (Å²) in [6, 6.07) is 4.57. The van der Waals surface area contributed by atoms with Crippen LogP contribution in [0, 0.1) is 10.1 Å². The lowest BCUT2D eigenvalue weighted by Gasteiger charge is -2.34. The van der Waals surface area contributed by atoms with Gasteiger partial charge < -0.3 is 15.5 Å². The molecule has 8 nitrogen and oxygen atoms in total. The Morgan fingerprint density at radius 3 is 2.58 bits per heavy atom. The van der Waals surface area contributed by atoms with E-state index in [-0.39, 0.29) is 23.2 Å². The summed E-state index contributed by atoms with van der Waals surface area (Å²) < 4.78 is 0. The largest absolute Gasteiger partial charge is 0.376 e. The SMILES string of the molecule is CNC(=O)c1ccc(NC(C)CN2CCN(C)CC2)c([N+](=O)[O-])c1. The highest BCUT2D eigenvalue weighted by Crippen LogP contribution is 2.26. The smallest absolute Gasteiger partial charge is 0.293 e. The van der Waals surface area contributed by atoms with Crippen LogP contribution >= 0.6 is 0 Å². The molecule has 0 bridgehead atoms. The molecule has 0 aliphatic carbocycles. The molecule has 2 rings (SSSR count). The Morgan fingerprint density at radius 2 is 2.00 bits per heavy atom. The lowest BCUT2D eigenvalue weighted by molar-refractivity contribution is -0.384. The molecule has 8 heteroatoms. The van der Waals surface area contributed by atoms with E-state index in [1.54, 1.807) is 12.1 Å². The number of hydrogen-bond donors (Lipinski definition) is 2. The first-order valence-corrected chi connectivity index (χ1v) is 8.08. The molecular formula is C16H25N5O3. The molecule has 132 valence electrons. The highest BCUT2D eigenvalue weighted by atomic mass is 16.6. The standard InChI is InChI=1S/C16H25N5O3/c1-12(11-20-8-6-19(3)7-9-20)18-14-5-4-13(16(22)17-2)10-15(14)21(23)24/h4-5,10,12,18H,6-9,11H2,1-3H3,(H,17,22). The highest BCUT2D eigenvalue weighted by Gasteiger charge is 2.20. The number of benzene rings is 1. The van der Waals surface area contributed by atoms with Gasteiger partial charge in [0, 0.05) is 57.4 Å². The third-order valence-corrected chi connectivity index (χ3v) is 4.21. The Labute approximate surface area is 142 Å². The molecule has 2 N–H and O–H groups in total. The molecule has 1 amide bonds. The van der Waals surface area contributed by atoms with Crippen LogP contribution in [0.4, 0.5) is 11.4 Å². The molecule has 1 aromatic rings. The molecule has 1 fully saturated rings. The van der Waals surface area contributed by atoms with Crippen molar-refractivity contribution in [2.45, 2.75) is 13.0 Å². The fourth-order valence-electron chi connectivity index (χ4n) is 2.82. The van der Waals surface area contributed by atoms with Crippen LogP contribution in [0.3, 0.4) is 0 Å². The fraction of sp³-hybridized carbons (Fsp3) is 0.562. The minimum atomic E-state index is -0.461. The van der Waals surface area contributed by atoms with Gasteiger partial charge >= 0.3 is 0 Å². The van der Waals surface area contributed by atoms with Gasteiger partial charge in [0.2, 0.25) is 0 Å². The predicted octanol–water partition coefficient (Wildman–Crippen LogP) is 1.00. The van der Waals surface area contributed by atoms with Gasteiger partial charge in [-0.05, 0) is 26.1 Å². The maximum absolute atomic E-state index is 11.6. The Morgan fingerprint density at radius 1 is 1.33 bits per heavy atom. The second-order valence-corrected chi connectivity index (χ2v) is 6.22. The minimum absolute atomic E-state index is 0.0676. The van der Waals surface area contributed by atoms with Gasteiger partial charge in [-0.1, -0.05) is 0 Å². The number of rotatable bonds is 6. The van der Waals surface area contributed by atoms with Crippen LogP contribution in [-0.2, 0) is 0 Å². The van der Waals surface area contributed by atoms with E-state index in [4.69, 9.17) is 0 Å². The van der Waals surface area contributed by atoms with Gasteiger partial charge in [-0.25, -0.2) is 0 Å². The minimum Gasteiger partial charge on any atom is -0.376 e. The number of piperazine rings is 1. The molecule has 24 heavy (non-hydrogen) atoms. The summed E-state index contributed by atoms with van der Waals surface area (Å²) in [6.07, 6.45) is 0. The van der Waals surface area contributed by atoms with Crippen LogP contribution in [-0.4, -0.2) is 73.5 Å². The number of carbonyl (C=O) groups excluding carboxylic acids is 1. The fourth-order valence-corrected chi connectivity index (χ4v) is 2.82. The summed E-state index contributed by atoms with van der Waals surface area (Å²) in [7, 11) is 3.61. The zero-order valence-corrected chi connectivity index (χ0v) is 14.4. The average molecular weight is 335 g/mol. The zero-order valence-electron chi connectivity index (χ0n) is 14.4. The predicted molar refractivity (Wildman–Crippen MR) is 93.5 cm³/mol. The maximum atomic E-state index is 11.6. The summed E-state index contributed by atoms with van der Waals surface area (Å²) in [4.78, 5) is 27.1. The van der Waals surface area contributed by atoms with Gasteiger partial charge in [0.05, 0.1) is 4.92 Å². The van der Waals surface area contributed by atoms with Crippen LogP contribution in [0.15, 0.2) is 18.2 Å². The van der Waals surface area contributed by atoms with Crippen molar-refractivity contribution in [1.29, 1.82) is 0 Å².